The predicted molar refractivity (Wildman–Crippen MR) is 112 cm³/mol. The van der Waals surface area contributed by atoms with Crippen LogP contribution < -0.4 is 0 Å². The largest absolute Gasteiger partial charge is 0.317 e. The summed E-state index contributed by atoms with van der Waals surface area (Å²) < 4.78 is 27.0. The van der Waals surface area contributed by atoms with E-state index in [1.807, 2.05) is 22.8 Å². The normalized spacial score (nSPS) is 16.7. The molecule has 0 aliphatic carbocycles. The van der Waals surface area contributed by atoms with Crippen LogP contribution in [0.1, 0.15) is 32.0 Å². The molecule has 0 N–H and O–H groups in total. The number of aromatic nitrogens is 2. The molecular formula is C21H32N4O2S. The number of imidazole rings is 1. The highest BCUT2D eigenvalue weighted by Crippen LogP contribution is 2.18. The molecule has 0 saturated carbocycles. The zero-order chi connectivity index (χ0) is 20.1. The smallest absolute Gasteiger partial charge is 0.227 e. The van der Waals surface area contributed by atoms with Crippen LogP contribution in [0.25, 0.3) is 0 Å². The van der Waals surface area contributed by atoms with Crippen molar-refractivity contribution < 1.29 is 8.42 Å². The number of rotatable bonds is 8. The second kappa shape index (κ2) is 9.20. The van der Waals surface area contributed by atoms with E-state index in [1.54, 1.807) is 13.1 Å². The minimum absolute atomic E-state index is 0.0713. The second-order valence-electron chi connectivity index (χ2n) is 7.73. The molecule has 1 aromatic carbocycles. The van der Waals surface area contributed by atoms with Gasteiger partial charge in [-0.05, 0) is 25.8 Å². The molecule has 1 aromatic heterocycles. The van der Waals surface area contributed by atoms with Gasteiger partial charge in [0.1, 0.15) is 0 Å². The molecule has 0 radical (unpaired) electrons. The lowest BCUT2D eigenvalue weighted by molar-refractivity contribution is 0.102. The van der Waals surface area contributed by atoms with Crippen LogP contribution in [-0.2, 0) is 29.3 Å². The maximum atomic E-state index is 12.6. The van der Waals surface area contributed by atoms with E-state index in [1.165, 1.54) is 5.56 Å². The van der Waals surface area contributed by atoms with Crippen LogP contribution in [0.15, 0.2) is 41.7 Å². The molecule has 1 fully saturated rings. The Morgan fingerprint density at radius 1 is 1.07 bits per heavy atom. The van der Waals surface area contributed by atoms with Crippen LogP contribution in [0.4, 0.5) is 0 Å². The van der Waals surface area contributed by atoms with Gasteiger partial charge in [0.25, 0.3) is 0 Å². The maximum absolute atomic E-state index is 12.6. The number of nitrogens with zero attached hydrogens (tertiary/aromatic N) is 4. The maximum Gasteiger partial charge on any atom is 0.227 e. The van der Waals surface area contributed by atoms with Crippen LogP contribution in [-0.4, -0.2) is 65.7 Å². The Morgan fingerprint density at radius 2 is 1.75 bits per heavy atom. The van der Waals surface area contributed by atoms with E-state index in [-0.39, 0.29) is 10.9 Å². The lowest BCUT2D eigenvalue weighted by Gasteiger charge is -2.36. The molecule has 154 valence electrons. The van der Waals surface area contributed by atoms with Gasteiger partial charge in [0, 0.05) is 45.3 Å². The zero-order valence-corrected chi connectivity index (χ0v) is 18.0. The van der Waals surface area contributed by atoms with Gasteiger partial charge in [0.2, 0.25) is 15.0 Å². The SMILES string of the molecule is CCS(=O)(=O)c1ncc(CN2CCN(C(C)C)CC2)n1CCc1ccccc1. The molecule has 0 unspecified atom stereocenters. The van der Waals surface area contributed by atoms with Crippen molar-refractivity contribution in [3.63, 3.8) is 0 Å². The second-order valence-corrected chi connectivity index (χ2v) is 9.90. The number of benzene rings is 1. The number of sulfone groups is 1. The average Bonchev–Trinajstić information content (AvgIpc) is 3.11. The Hall–Kier alpha value is -1.70. The van der Waals surface area contributed by atoms with E-state index < -0.39 is 9.84 Å². The van der Waals surface area contributed by atoms with Crippen molar-refractivity contribution in [2.45, 2.75) is 51.5 Å². The molecule has 7 heteroatoms. The summed E-state index contributed by atoms with van der Waals surface area (Å²) in [5, 5.41) is 0.210. The quantitative estimate of drug-likeness (QED) is 0.676. The number of piperazine rings is 1. The van der Waals surface area contributed by atoms with Crippen molar-refractivity contribution in [3.05, 3.63) is 47.8 Å². The highest BCUT2D eigenvalue weighted by atomic mass is 32.2. The lowest BCUT2D eigenvalue weighted by Crippen LogP contribution is -2.48. The third kappa shape index (κ3) is 5.01. The van der Waals surface area contributed by atoms with Gasteiger partial charge in [0.15, 0.2) is 0 Å². The minimum Gasteiger partial charge on any atom is -0.317 e. The molecular weight excluding hydrogens is 372 g/mol. The lowest BCUT2D eigenvalue weighted by atomic mass is 10.1. The van der Waals surface area contributed by atoms with Crippen molar-refractivity contribution in [2.75, 3.05) is 31.9 Å². The fraction of sp³-hybridized carbons (Fsp3) is 0.571. The van der Waals surface area contributed by atoms with Gasteiger partial charge in [-0.2, -0.15) is 0 Å². The standard InChI is InChI=1S/C21H32N4O2S/c1-4-28(26,27)21-22-16-20(17-23-12-14-24(15-13-23)18(2)3)25(21)11-10-19-8-6-5-7-9-19/h5-9,16,18H,4,10-15,17H2,1-3H3. The van der Waals surface area contributed by atoms with Crippen LogP contribution >= 0.6 is 0 Å². The molecule has 1 saturated heterocycles. The van der Waals surface area contributed by atoms with Gasteiger partial charge in [-0.25, -0.2) is 13.4 Å². The third-order valence-electron chi connectivity index (χ3n) is 5.55. The van der Waals surface area contributed by atoms with E-state index >= 15 is 0 Å². The molecule has 0 spiro atoms. The van der Waals surface area contributed by atoms with E-state index in [0.29, 0.717) is 12.6 Å². The summed E-state index contributed by atoms with van der Waals surface area (Å²) >= 11 is 0. The van der Waals surface area contributed by atoms with Gasteiger partial charge in [-0.15, -0.1) is 0 Å². The molecule has 0 amide bonds. The van der Waals surface area contributed by atoms with Crippen molar-refractivity contribution in [1.29, 1.82) is 0 Å². The third-order valence-corrected chi connectivity index (χ3v) is 7.19. The minimum atomic E-state index is -3.35. The molecule has 2 aromatic rings. The number of aryl methyl sites for hydroxylation is 1. The Morgan fingerprint density at radius 3 is 2.36 bits per heavy atom. The van der Waals surface area contributed by atoms with E-state index in [0.717, 1.165) is 44.8 Å². The number of hydrogen-bond donors (Lipinski definition) is 0. The van der Waals surface area contributed by atoms with Crippen molar-refractivity contribution in [1.82, 2.24) is 19.4 Å². The molecule has 0 bridgehead atoms. The fourth-order valence-corrected chi connectivity index (χ4v) is 4.70. The first-order chi connectivity index (χ1) is 13.4. The molecule has 28 heavy (non-hydrogen) atoms. The van der Waals surface area contributed by atoms with Crippen LogP contribution in [0.3, 0.4) is 0 Å². The molecule has 0 atom stereocenters. The summed E-state index contributed by atoms with van der Waals surface area (Å²) in [4.78, 5) is 9.20. The van der Waals surface area contributed by atoms with Crippen LogP contribution in [0.5, 0.6) is 0 Å². The Kier molecular flexibility index (Phi) is 6.91. The predicted octanol–water partition coefficient (Wildman–Crippen LogP) is 2.45. The topological polar surface area (TPSA) is 58.4 Å². The highest BCUT2D eigenvalue weighted by Gasteiger charge is 2.24. The number of hydrogen-bond acceptors (Lipinski definition) is 5. The fourth-order valence-electron chi connectivity index (χ4n) is 3.69. The summed E-state index contributed by atoms with van der Waals surface area (Å²) in [6, 6.07) is 10.8. The van der Waals surface area contributed by atoms with Gasteiger partial charge in [-0.3, -0.25) is 9.80 Å². The van der Waals surface area contributed by atoms with Gasteiger partial charge < -0.3 is 4.57 Å². The first-order valence-electron chi connectivity index (χ1n) is 10.2. The summed E-state index contributed by atoms with van der Waals surface area (Å²) in [7, 11) is -3.35. The summed E-state index contributed by atoms with van der Waals surface area (Å²) in [5.74, 6) is 0.0713. The summed E-state index contributed by atoms with van der Waals surface area (Å²) in [6.07, 6.45) is 2.54. The molecule has 1 aliphatic heterocycles. The Bertz CT molecular complexity index is 854. The van der Waals surface area contributed by atoms with Crippen LogP contribution in [0.2, 0.25) is 0 Å². The molecule has 1 aliphatic rings. The monoisotopic (exact) mass is 404 g/mol. The first kappa shape index (κ1) is 21.0. The Labute approximate surface area is 169 Å². The van der Waals surface area contributed by atoms with Gasteiger partial charge >= 0.3 is 0 Å². The van der Waals surface area contributed by atoms with Gasteiger partial charge in [0.05, 0.1) is 17.6 Å². The zero-order valence-electron chi connectivity index (χ0n) is 17.2. The molecule has 3 rings (SSSR count). The van der Waals surface area contributed by atoms with E-state index in [9.17, 15) is 8.42 Å². The average molecular weight is 405 g/mol. The first-order valence-corrected chi connectivity index (χ1v) is 11.8. The van der Waals surface area contributed by atoms with E-state index in [4.69, 9.17) is 0 Å². The van der Waals surface area contributed by atoms with Crippen molar-refractivity contribution in [2.24, 2.45) is 0 Å². The van der Waals surface area contributed by atoms with Crippen molar-refractivity contribution >= 4 is 9.84 Å². The van der Waals surface area contributed by atoms with Gasteiger partial charge in [-0.1, -0.05) is 37.3 Å². The van der Waals surface area contributed by atoms with E-state index in [2.05, 4.69) is 40.8 Å². The van der Waals surface area contributed by atoms with Crippen molar-refractivity contribution in [3.8, 4) is 0 Å². The Balaban J connectivity index is 1.77. The molecule has 2 heterocycles. The highest BCUT2D eigenvalue weighted by molar-refractivity contribution is 7.91. The molecule has 6 nitrogen and oxygen atoms in total. The summed E-state index contributed by atoms with van der Waals surface area (Å²) in [5.41, 5.74) is 2.19. The van der Waals surface area contributed by atoms with Crippen LogP contribution in [0, 0.1) is 0 Å². The summed E-state index contributed by atoms with van der Waals surface area (Å²) in [6.45, 7) is 11.6.